The van der Waals surface area contributed by atoms with Crippen LogP contribution in [0, 0.1) is 6.92 Å². The van der Waals surface area contributed by atoms with Gasteiger partial charge in [-0.05, 0) is 39.3 Å². The number of oxazole rings is 1. The van der Waals surface area contributed by atoms with Gasteiger partial charge in [0.2, 0.25) is 0 Å². The number of hydrogen-bond acceptors (Lipinski definition) is 4. The molecule has 16 heavy (non-hydrogen) atoms. The molecule has 4 nitrogen and oxygen atoms in total. The molecule has 1 fully saturated rings. The average molecular weight is 224 g/mol. The summed E-state index contributed by atoms with van der Waals surface area (Å²) in [6, 6.07) is 0. The minimum Gasteiger partial charge on any atom is -0.446 e. The summed E-state index contributed by atoms with van der Waals surface area (Å²) < 4.78 is 5.63. The van der Waals surface area contributed by atoms with Crippen LogP contribution in [0.1, 0.15) is 42.5 Å². The van der Waals surface area contributed by atoms with Crippen LogP contribution in [0.15, 0.2) is 4.42 Å². The van der Waals surface area contributed by atoms with Crippen LogP contribution in [0.2, 0.25) is 0 Å². The normalized spacial score (nSPS) is 17.9. The van der Waals surface area contributed by atoms with Crippen LogP contribution in [0.25, 0.3) is 0 Å². The summed E-state index contributed by atoms with van der Waals surface area (Å²) >= 11 is 0. The zero-order valence-electron chi connectivity index (χ0n) is 9.83. The predicted molar refractivity (Wildman–Crippen MR) is 61.5 cm³/mol. The third-order valence-corrected chi connectivity index (χ3v) is 3.15. The summed E-state index contributed by atoms with van der Waals surface area (Å²) in [6.45, 7) is 4.34. The lowest BCUT2D eigenvalue weighted by atomic mass is 9.94. The van der Waals surface area contributed by atoms with Crippen molar-refractivity contribution in [3.05, 3.63) is 17.3 Å². The molecule has 2 rings (SSSR count). The van der Waals surface area contributed by atoms with Crippen molar-refractivity contribution in [1.29, 1.82) is 0 Å². The van der Waals surface area contributed by atoms with Crippen molar-refractivity contribution >= 4 is 0 Å². The van der Waals surface area contributed by atoms with Crippen LogP contribution in [-0.4, -0.2) is 29.8 Å². The van der Waals surface area contributed by atoms with E-state index in [0.29, 0.717) is 5.92 Å². The molecular formula is C12H20N2O2. The van der Waals surface area contributed by atoms with Crippen molar-refractivity contribution in [1.82, 2.24) is 10.3 Å². The predicted octanol–water partition coefficient (Wildman–Crippen LogP) is 1.37. The Bertz CT molecular complexity index is 330. The maximum Gasteiger partial charge on any atom is 0.194 e. The van der Waals surface area contributed by atoms with E-state index in [4.69, 9.17) is 9.52 Å². The fraction of sp³-hybridized carbons (Fsp3) is 0.750. The van der Waals surface area contributed by atoms with Crippen LogP contribution in [-0.2, 0) is 6.42 Å². The van der Waals surface area contributed by atoms with Crippen molar-refractivity contribution < 1.29 is 9.52 Å². The highest BCUT2D eigenvalue weighted by molar-refractivity contribution is 5.15. The number of aryl methyl sites for hydroxylation is 2. The van der Waals surface area contributed by atoms with Gasteiger partial charge in [0, 0.05) is 18.9 Å². The molecule has 0 spiro atoms. The first kappa shape index (κ1) is 11.6. The van der Waals surface area contributed by atoms with Gasteiger partial charge in [0.1, 0.15) is 5.76 Å². The van der Waals surface area contributed by atoms with Crippen molar-refractivity contribution in [2.45, 2.75) is 38.5 Å². The molecule has 1 aromatic heterocycles. The molecule has 1 saturated heterocycles. The molecule has 2 heterocycles. The average Bonchev–Trinajstić information content (AvgIpc) is 2.69. The van der Waals surface area contributed by atoms with Gasteiger partial charge in [0.15, 0.2) is 5.89 Å². The van der Waals surface area contributed by atoms with Gasteiger partial charge in [-0.25, -0.2) is 4.98 Å². The van der Waals surface area contributed by atoms with Gasteiger partial charge in [-0.15, -0.1) is 0 Å². The molecule has 2 N–H and O–H groups in total. The second kappa shape index (κ2) is 5.46. The van der Waals surface area contributed by atoms with E-state index < -0.39 is 0 Å². The molecule has 0 radical (unpaired) electrons. The van der Waals surface area contributed by atoms with E-state index >= 15 is 0 Å². The topological polar surface area (TPSA) is 58.3 Å². The Balaban J connectivity index is 2.04. The summed E-state index contributed by atoms with van der Waals surface area (Å²) in [6.07, 6.45) is 3.76. The number of nitrogens with zero attached hydrogens (tertiary/aromatic N) is 1. The lowest BCUT2D eigenvalue weighted by Gasteiger charge is -2.20. The van der Waals surface area contributed by atoms with E-state index in [-0.39, 0.29) is 6.61 Å². The number of aliphatic hydroxyl groups excluding tert-OH is 1. The third kappa shape index (κ3) is 2.62. The van der Waals surface area contributed by atoms with E-state index in [1.54, 1.807) is 0 Å². The highest BCUT2D eigenvalue weighted by atomic mass is 16.4. The van der Waals surface area contributed by atoms with Gasteiger partial charge in [0.05, 0.1) is 5.69 Å². The molecule has 0 saturated carbocycles. The van der Waals surface area contributed by atoms with Crippen LogP contribution < -0.4 is 5.32 Å². The molecule has 0 bridgehead atoms. The van der Waals surface area contributed by atoms with Crippen LogP contribution in [0.4, 0.5) is 0 Å². The highest BCUT2D eigenvalue weighted by Crippen LogP contribution is 2.27. The van der Waals surface area contributed by atoms with Gasteiger partial charge in [0.25, 0.3) is 0 Å². The maximum absolute atomic E-state index is 8.77. The monoisotopic (exact) mass is 224 g/mol. The number of hydrogen-bond donors (Lipinski definition) is 2. The van der Waals surface area contributed by atoms with Crippen molar-refractivity contribution in [3.63, 3.8) is 0 Å². The number of piperidine rings is 1. The van der Waals surface area contributed by atoms with Crippen LogP contribution in [0.5, 0.6) is 0 Å². The first-order chi connectivity index (χ1) is 7.81. The quantitative estimate of drug-likeness (QED) is 0.811. The van der Waals surface area contributed by atoms with Crippen molar-refractivity contribution in [2.75, 3.05) is 19.7 Å². The lowest BCUT2D eigenvalue weighted by molar-refractivity contribution is 0.282. The van der Waals surface area contributed by atoms with Gasteiger partial charge < -0.3 is 14.8 Å². The number of aliphatic hydroxyl groups is 1. The Hall–Kier alpha value is -0.870. The smallest absolute Gasteiger partial charge is 0.194 e. The fourth-order valence-corrected chi connectivity index (χ4v) is 2.28. The fourth-order valence-electron chi connectivity index (χ4n) is 2.28. The standard InChI is InChI=1S/C12H20N2O2/c1-9-12(10-4-6-13-7-5-10)14-11(16-9)3-2-8-15/h10,13,15H,2-8H2,1H3. The highest BCUT2D eigenvalue weighted by Gasteiger charge is 2.21. The summed E-state index contributed by atoms with van der Waals surface area (Å²) in [7, 11) is 0. The molecule has 0 aliphatic carbocycles. The Morgan fingerprint density at radius 3 is 2.88 bits per heavy atom. The molecule has 1 aliphatic heterocycles. The zero-order valence-corrected chi connectivity index (χ0v) is 9.83. The third-order valence-electron chi connectivity index (χ3n) is 3.15. The second-order valence-electron chi connectivity index (χ2n) is 4.40. The lowest BCUT2D eigenvalue weighted by Crippen LogP contribution is -2.27. The Labute approximate surface area is 96.1 Å². The Kier molecular flexibility index (Phi) is 3.96. The second-order valence-corrected chi connectivity index (χ2v) is 4.40. The van der Waals surface area contributed by atoms with E-state index in [2.05, 4.69) is 10.3 Å². The number of aromatic nitrogens is 1. The first-order valence-corrected chi connectivity index (χ1v) is 6.09. The van der Waals surface area contributed by atoms with Gasteiger partial charge in [-0.2, -0.15) is 0 Å². The SMILES string of the molecule is Cc1oc(CCCO)nc1C1CCNCC1. The maximum atomic E-state index is 8.77. The summed E-state index contributed by atoms with van der Waals surface area (Å²) in [4.78, 5) is 4.57. The van der Waals surface area contributed by atoms with Crippen LogP contribution in [0.3, 0.4) is 0 Å². The molecule has 1 aliphatic rings. The van der Waals surface area contributed by atoms with Crippen molar-refractivity contribution in [3.8, 4) is 0 Å². The van der Waals surface area contributed by atoms with E-state index in [1.165, 1.54) is 0 Å². The van der Waals surface area contributed by atoms with Crippen LogP contribution >= 0.6 is 0 Å². The largest absolute Gasteiger partial charge is 0.446 e. The summed E-state index contributed by atoms with van der Waals surface area (Å²) in [5.74, 6) is 2.28. The van der Waals surface area contributed by atoms with Gasteiger partial charge in [-0.3, -0.25) is 0 Å². The number of nitrogens with one attached hydrogen (secondary N) is 1. The molecule has 1 aromatic rings. The zero-order chi connectivity index (χ0) is 11.4. The number of rotatable bonds is 4. The minimum absolute atomic E-state index is 0.199. The first-order valence-electron chi connectivity index (χ1n) is 6.09. The van der Waals surface area contributed by atoms with Gasteiger partial charge in [-0.1, -0.05) is 0 Å². The molecule has 90 valence electrons. The molecule has 0 unspecified atom stereocenters. The summed E-state index contributed by atoms with van der Waals surface area (Å²) in [5, 5.41) is 12.1. The van der Waals surface area contributed by atoms with Crippen molar-refractivity contribution in [2.24, 2.45) is 0 Å². The molecular weight excluding hydrogens is 204 g/mol. The van der Waals surface area contributed by atoms with E-state index in [1.807, 2.05) is 6.92 Å². The Morgan fingerprint density at radius 1 is 1.44 bits per heavy atom. The van der Waals surface area contributed by atoms with E-state index in [9.17, 15) is 0 Å². The minimum atomic E-state index is 0.199. The molecule has 0 aromatic carbocycles. The molecule has 0 atom stereocenters. The van der Waals surface area contributed by atoms with Gasteiger partial charge >= 0.3 is 0 Å². The molecule has 0 amide bonds. The molecule has 4 heteroatoms. The Morgan fingerprint density at radius 2 is 2.19 bits per heavy atom. The summed E-state index contributed by atoms with van der Waals surface area (Å²) in [5.41, 5.74) is 1.13. The van der Waals surface area contributed by atoms with E-state index in [0.717, 1.165) is 56.1 Å².